The zero-order chi connectivity index (χ0) is 25.7. The third-order valence-corrected chi connectivity index (χ3v) is 7.48. The van der Waals surface area contributed by atoms with Gasteiger partial charge in [-0.2, -0.15) is 9.78 Å². The fraction of sp³-hybridized carbons (Fsp3) is 0.200. The molecule has 6 rings (SSSR count). The summed E-state index contributed by atoms with van der Waals surface area (Å²) in [5.41, 5.74) is 7.93. The zero-order valence-corrected chi connectivity index (χ0v) is 21.0. The van der Waals surface area contributed by atoms with Gasteiger partial charge in [0.2, 0.25) is 0 Å². The topological polar surface area (TPSA) is 96.4 Å². The van der Waals surface area contributed by atoms with E-state index in [1.807, 2.05) is 30.3 Å². The smallest absolute Gasteiger partial charge is 0.345 e. The lowest BCUT2D eigenvalue weighted by Crippen LogP contribution is -2.32. The van der Waals surface area contributed by atoms with E-state index in [2.05, 4.69) is 72.2 Å². The Morgan fingerprint density at radius 1 is 0.892 bits per heavy atom. The Bertz CT molecular complexity index is 1740. The molecular weight excluding hydrogens is 462 g/mol. The Morgan fingerprint density at radius 2 is 1.59 bits per heavy atom. The second kappa shape index (κ2) is 8.55. The molecule has 7 heteroatoms. The molecule has 0 saturated carbocycles. The molecule has 2 N–H and O–H groups in total. The first-order valence-corrected chi connectivity index (χ1v) is 12.4. The van der Waals surface area contributed by atoms with Gasteiger partial charge >= 0.3 is 5.69 Å². The monoisotopic (exact) mass is 489 g/mol. The molecule has 1 unspecified atom stereocenters. The molecule has 37 heavy (non-hydrogen) atoms. The Hall–Kier alpha value is -4.52. The van der Waals surface area contributed by atoms with Gasteiger partial charge in [0.1, 0.15) is 12.0 Å². The van der Waals surface area contributed by atoms with Crippen LogP contribution in [0.15, 0.2) is 82.5 Å². The highest BCUT2D eigenvalue weighted by molar-refractivity contribution is 5.65. The molecule has 1 aliphatic carbocycles. The standard InChI is InChI=1S/C30H27N5O2/c1-18-15-23(35-29(37)33-25(36)17-31-35)16-19(2)26(18)30(14-13-21-9-7-8-12-24(21)30)28-32-20(3)27(34-28)22-10-5-4-6-11-22/h4-12,15-17H,13-14H2,1-3H3,(H,32,34)(H,33,36,37). The molecule has 0 saturated heterocycles. The molecule has 0 aliphatic heterocycles. The summed E-state index contributed by atoms with van der Waals surface area (Å²) in [7, 11) is 0. The van der Waals surface area contributed by atoms with E-state index in [0.29, 0.717) is 5.69 Å². The normalized spacial score (nSPS) is 16.6. The van der Waals surface area contributed by atoms with Crippen LogP contribution in [0.3, 0.4) is 0 Å². The van der Waals surface area contributed by atoms with Crippen LogP contribution in [0.2, 0.25) is 0 Å². The summed E-state index contributed by atoms with van der Waals surface area (Å²) in [5, 5.41) is 4.06. The molecule has 0 bridgehead atoms. The maximum absolute atomic E-state index is 12.5. The lowest BCUT2D eigenvalue weighted by molar-refractivity contribution is 0.567. The molecule has 0 radical (unpaired) electrons. The maximum Gasteiger partial charge on any atom is 0.349 e. The summed E-state index contributed by atoms with van der Waals surface area (Å²) in [5.74, 6) is 0.923. The first-order valence-electron chi connectivity index (χ1n) is 12.4. The van der Waals surface area contributed by atoms with Crippen molar-refractivity contribution < 1.29 is 0 Å². The van der Waals surface area contributed by atoms with Crippen molar-refractivity contribution in [2.75, 3.05) is 0 Å². The number of hydrogen-bond donors (Lipinski definition) is 2. The van der Waals surface area contributed by atoms with Crippen molar-refractivity contribution in [3.63, 3.8) is 0 Å². The number of imidazole rings is 1. The summed E-state index contributed by atoms with van der Waals surface area (Å²) < 4.78 is 1.23. The molecule has 2 aromatic heterocycles. The zero-order valence-electron chi connectivity index (χ0n) is 21.0. The first-order chi connectivity index (χ1) is 17.9. The number of rotatable bonds is 4. The second-order valence-electron chi connectivity index (χ2n) is 9.79. The summed E-state index contributed by atoms with van der Waals surface area (Å²) in [6, 6.07) is 22.8. The van der Waals surface area contributed by atoms with Gasteiger partial charge in [0.25, 0.3) is 5.56 Å². The van der Waals surface area contributed by atoms with Crippen LogP contribution in [-0.2, 0) is 11.8 Å². The fourth-order valence-corrected chi connectivity index (χ4v) is 6.05. The molecular formula is C30H27N5O2. The Morgan fingerprint density at radius 3 is 2.32 bits per heavy atom. The van der Waals surface area contributed by atoms with Crippen LogP contribution >= 0.6 is 0 Å². The van der Waals surface area contributed by atoms with E-state index in [1.165, 1.54) is 21.4 Å². The van der Waals surface area contributed by atoms with Crippen molar-refractivity contribution >= 4 is 0 Å². The van der Waals surface area contributed by atoms with E-state index in [9.17, 15) is 9.59 Å². The first kappa shape index (κ1) is 22.9. The van der Waals surface area contributed by atoms with Gasteiger partial charge in [-0.3, -0.25) is 9.78 Å². The van der Waals surface area contributed by atoms with Gasteiger partial charge in [-0.25, -0.2) is 9.78 Å². The molecule has 1 atom stereocenters. The van der Waals surface area contributed by atoms with Gasteiger partial charge in [0, 0.05) is 11.3 Å². The highest BCUT2D eigenvalue weighted by atomic mass is 16.2. The fourth-order valence-electron chi connectivity index (χ4n) is 6.05. The van der Waals surface area contributed by atoms with Crippen LogP contribution in [0.4, 0.5) is 0 Å². The average molecular weight is 490 g/mol. The van der Waals surface area contributed by atoms with Crippen molar-refractivity contribution in [3.8, 4) is 16.9 Å². The SMILES string of the molecule is Cc1cc(-n2ncc(=O)[nH]c2=O)cc(C)c1C1(c2nc(-c3ccccc3)c(C)[nH]2)CCc2ccccc21. The van der Waals surface area contributed by atoms with Gasteiger partial charge in [-0.05, 0) is 73.6 Å². The Balaban J connectivity index is 1.60. The van der Waals surface area contributed by atoms with Gasteiger partial charge in [-0.15, -0.1) is 0 Å². The number of aryl methyl sites for hydroxylation is 4. The van der Waals surface area contributed by atoms with Crippen LogP contribution in [-0.4, -0.2) is 24.7 Å². The molecule has 3 aromatic carbocycles. The summed E-state index contributed by atoms with van der Waals surface area (Å²) >= 11 is 0. The van der Waals surface area contributed by atoms with Crippen molar-refractivity contribution in [2.45, 2.75) is 39.0 Å². The molecule has 0 amide bonds. The van der Waals surface area contributed by atoms with Gasteiger partial charge in [0.15, 0.2) is 0 Å². The van der Waals surface area contributed by atoms with E-state index in [1.54, 1.807) is 0 Å². The van der Waals surface area contributed by atoms with Crippen LogP contribution < -0.4 is 11.2 Å². The quantitative estimate of drug-likeness (QED) is 0.388. The number of hydrogen-bond acceptors (Lipinski definition) is 4. The van der Waals surface area contributed by atoms with E-state index in [-0.39, 0.29) is 0 Å². The second-order valence-corrected chi connectivity index (χ2v) is 9.79. The number of aromatic nitrogens is 5. The van der Waals surface area contributed by atoms with Crippen molar-refractivity contribution in [3.05, 3.63) is 133 Å². The minimum Gasteiger partial charge on any atom is -0.345 e. The molecule has 0 spiro atoms. The molecule has 184 valence electrons. The average Bonchev–Trinajstić information content (AvgIpc) is 3.46. The van der Waals surface area contributed by atoms with Crippen LogP contribution in [0, 0.1) is 20.8 Å². The largest absolute Gasteiger partial charge is 0.349 e. The summed E-state index contributed by atoms with van der Waals surface area (Å²) in [4.78, 5) is 35.2. The number of nitrogens with one attached hydrogen (secondary N) is 2. The highest BCUT2D eigenvalue weighted by Crippen LogP contribution is 2.50. The van der Waals surface area contributed by atoms with Gasteiger partial charge in [-0.1, -0.05) is 54.6 Å². The molecule has 0 fully saturated rings. The number of H-pyrrole nitrogens is 2. The minimum absolute atomic E-state index is 0.468. The van der Waals surface area contributed by atoms with Gasteiger partial charge < -0.3 is 4.98 Å². The predicted octanol–water partition coefficient (Wildman–Crippen LogP) is 4.52. The van der Waals surface area contributed by atoms with Crippen molar-refractivity contribution in [2.24, 2.45) is 0 Å². The summed E-state index contributed by atoms with van der Waals surface area (Å²) in [6.07, 6.45) is 2.94. The number of nitrogens with zero attached hydrogens (tertiary/aromatic N) is 3. The van der Waals surface area contributed by atoms with E-state index >= 15 is 0 Å². The van der Waals surface area contributed by atoms with Crippen LogP contribution in [0.5, 0.6) is 0 Å². The lowest BCUT2D eigenvalue weighted by atomic mass is 9.71. The van der Waals surface area contributed by atoms with Gasteiger partial charge in [0.05, 0.1) is 16.8 Å². The molecule has 1 aliphatic rings. The van der Waals surface area contributed by atoms with Crippen molar-refractivity contribution in [1.82, 2.24) is 24.7 Å². The van der Waals surface area contributed by atoms with E-state index < -0.39 is 16.7 Å². The number of benzene rings is 3. The highest BCUT2D eigenvalue weighted by Gasteiger charge is 2.46. The minimum atomic E-state index is -0.561. The third-order valence-electron chi connectivity index (χ3n) is 7.48. The Labute approximate surface area is 213 Å². The molecule has 5 aromatic rings. The van der Waals surface area contributed by atoms with Crippen LogP contribution in [0.1, 0.15) is 45.8 Å². The number of fused-ring (bicyclic) bond motifs is 1. The molecule has 2 heterocycles. The van der Waals surface area contributed by atoms with Crippen LogP contribution in [0.25, 0.3) is 16.9 Å². The number of aromatic amines is 2. The lowest BCUT2D eigenvalue weighted by Gasteiger charge is -2.33. The predicted molar refractivity (Wildman–Crippen MR) is 143 cm³/mol. The van der Waals surface area contributed by atoms with E-state index in [0.717, 1.165) is 52.9 Å². The Kier molecular flexibility index (Phi) is 5.30. The molecule has 7 nitrogen and oxygen atoms in total. The van der Waals surface area contributed by atoms with E-state index in [4.69, 9.17) is 4.98 Å². The summed E-state index contributed by atoms with van der Waals surface area (Å²) in [6.45, 7) is 6.21. The van der Waals surface area contributed by atoms with Crippen molar-refractivity contribution in [1.29, 1.82) is 0 Å². The third kappa shape index (κ3) is 3.57. The maximum atomic E-state index is 12.5.